The fourth-order valence-corrected chi connectivity index (χ4v) is 5.08. The monoisotopic (exact) mass is 516 g/mol. The van der Waals surface area contributed by atoms with Crippen LogP contribution in [0, 0.1) is 29.8 Å². The highest BCUT2D eigenvalue weighted by molar-refractivity contribution is 6.12. The number of rotatable bonds is 0. The van der Waals surface area contributed by atoms with E-state index in [1.807, 2.05) is 31.3 Å². The summed E-state index contributed by atoms with van der Waals surface area (Å²) in [6, 6.07) is 12.4. The van der Waals surface area contributed by atoms with E-state index in [2.05, 4.69) is 20.0 Å². The molecule has 0 radical (unpaired) electrons. The maximum atomic E-state index is 13.4. The van der Waals surface area contributed by atoms with E-state index in [4.69, 9.17) is 9.97 Å². The first kappa shape index (κ1) is 22.6. The third-order valence-electron chi connectivity index (χ3n) is 6.76. The molecule has 0 amide bonds. The van der Waals surface area contributed by atoms with E-state index in [0.717, 1.165) is 28.5 Å². The number of hydrogen-bond acceptors (Lipinski definition) is 8. The Bertz CT molecular complexity index is 2420. The summed E-state index contributed by atoms with van der Waals surface area (Å²) in [6.07, 6.45) is -1.05. The minimum atomic E-state index is -4.56. The van der Waals surface area contributed by atoms with E-state index in [0.29, 0.717) is 49.4 Å². The molecule has 0 N–H and O–H groups in total. The van der Waals surface area contributed by atoms with Crippen LogP contribution in [-0.2, 0) is 6.18 Å². The maximum absolute atomic E-state index is 13.4. The van der Waals surface area contributed by atoms with E-state index in [1.54, 1.807) is 18.3 Å². The first-order valence-corrected chi connectivity index (χ1v) is 11.6. The van der Waals surface area contributed by atoms with E-state index in [-0.39, 0.29) is 16.3 Å². The van der Waals surface area contributed by atoms with Gasteiger partial charge in [-0.2, -0.15) is 33.7 Å². The molecule has 5 aromatic carbocycles. The van der Waals surface area contributed by atoms with Crippen LogP contribution in [0.25, 0.3) is 65.7 Å². The Balaban J connectivity index is 1.59. The number of halogens is 3. The Morgan fingerprint density at radius 3 is 1.56 bits per heavy atom. The number of benzene rings is 3. The van der Waals surface area contributed by atoms with E-state index < -0.39 is 11.7 Å². The molecule has 2 aromatic heterocycles. The normalized spacial score (nSPS) is 13.4. The van der Waals surface area contributed by atoms with Gasteiger partial charge >= 0.3 is 6.18 Å². The molecular formula is C28H11F3N8. The standard InChI is InChI=1S/C28H11F3N8/c1-12-2-4-14-16(6-12)22(34-10-32)26-24(14)36-18-8-21-19(9-20(18)38-26)37-25-15-5-3-13(28(29,30)31)7-17(15)23(35-11-33)27(25)39-21/h2-9H,1H3. The molecule has 0 saturated heterocycles. The highest BCUT2D eigenvalue weighted by Crippen LogP contribution is 2.33. The number of fused-ring (bicyclic) bond motifs is 8. The van der Waals surface area contributed by atoms with Crippen molar-refractivity contribution in [2.75, 3.05) is 0 Å². The second kappa shape index (κ2) is 7.73. The molecule has 2 heterocycles. The van der Waals surface area contributed by atoms with Crippen LogP contribution in [0.2, 0.25) is 0 Å². The van der Waals surface area contributed by atoms with Crippen LogP contribution in [0.5, 0.6) is 0 Å². The smallest absolute Gasteiger partial charge is 0.244 e. The van der Waals surface area contributed by atoms with Crippen LogP contribution in [-0.4, -0.2) is 19.9 Å². The SMILES string of the molecule is Cc1ccc2c(c1)c(=NC#N)c1nc3cc4nc5c(nc4cc3nc12)c(=NC#N)c1cc(C(F)(F)F)ccc15. The fourth-order valence-electron chi connectivity index (χ4n) is 5.08. The molecule has 0 spiro atoms. The molecular weight excluding hydrogens is 505 g/mol. The predicted octanol–water partition coefficient (Wildman–Crippen LogP) is 5.15. The zero-order valence-corrected chi connectivity index (χ0v) is 19.8. The second-order valence-corrected chi connectivity index (χ2v) is 9.10. The molecule has 0 aliphatic rings. The van der Waals surface area contributed by atoms with Gasteiger partial charge in [0.1, 0.15) is 21.7 Å². The van der Waals surface area contributed by atoms with Crippen LogP contribution >= 0.6 is 0 Å². The molecule has 0 unspecified atom stereocenters. The lowest BCUT2D eigenvalue weighted by atomic mass is 10.1. The van der Waals surface area contributed by atoms with Crippen molar-refractivity contribution in [2.24, 2.45) is 9.98 Å². The number of nitrogens with zero attached hydrogens (tertiary/aromatic N) is 8. The number of nitriles is 2. The van der Waals surface area contributed by atoms with Gasteiger partial charge in [-0.25, -0.2) is 19.9 Å². The summed E-state index contributed by atoms with van der Waals surface area (Å²) >= 11 is 0. The summed E-state index contributed by atoms with van der Waals surface area (Å²) in [5, 5.41) is 21.1. The van der Waals surface area contributed by atoms with Gasteiger partial charge in [-0.15, -0.1) is 0 Å². The van der Waals surface area contributed by atoms with Gasteiger partial charge in [0.25, 0.3) is 0 Å². The first-order valence-electron chi connectivity index (χ1n) is 11.6. The third kappa shape index (κ3) is 3.23. The maximum Gasteiger partial charge on any atom is 0.416 e. The summed E-state index contributed by atoms with van der Waals surface area (Å²) in [7, 11) is 0. The van der Waals surface area contributed by atoms with Gasteiger partial charge in [-0.05, 0) is 37.3 Å². The van der Waals surface area contributed by atoms with Crippen molar-refractivity contribution < 1.29 is 13.2 Å². The molecule has 7 aromatic rings. The zero-order chi connectivity index (χ0) is 27.1. The summed E-state index contributed by atoms with van der Waals surface area (Å²) in [6.45, 7) is 1.94. The molecule has 39 heavy (non-hydrogen) atoms. The highest BCUT2D eigenvalue weighted by atomic mass is 19.4. The van der Waals surface area contributed by atoms with Gasteiger partial charge in [-0.3, -0.25) is 0 Å². The van der Waals surface area contributed by atoms with Crippen LogP contribution in [0.3, 0.4) is 0 Å². The molecule has 0 atom stereocenters. The van der Waals surface area contributed by atoms with Gasteiger partial charge in [0.15, 0.2) is 0 Å². The molecule has 0 fully saturated rings. The Morgan fingerprint density at radius 1 is 0.615 bits per heavy atom. The van der Waals surface area contributed by atoms with Crippen LogP contribution in [0.1, 0.15) is 11.1 Å². The van der Waals surface area contributed by atoms with Crippen LogP contribution < -0.4 is 10.7 Å². The van der Waals surface area contributed by atoms with Crippen LogP contribution in [0.15, 0.2) is 58.5 Å². The molecule has 0 aliphatic carbocycles. The Hall–Kier alpha value is -5.55. The van der Waals surface area contributed by atoms with Crippen molar-refractivity contribution >= 4 is 65.7 Å². The number of aromatic nitrogens is 4. The molecule has 184 valence electrons. The Labute approximate surface area is 215 Å². The summed E-state index contributed by atoms with van der Waals surface area (Å²) in [4.78, 5) is 26.7. The van der Waals surface area contributed by atoms with Gasteiger partial charge in [0.05, 0.1) is 38.7 Å². The van der Waals surface area contributed by atoms with Crippen LogP contribution in [0.4, 0.5) is 13.2 Å². The summed E-state index contributed by atoms with van der Waals surface area (Å²) < 4.78 is 40.2. The minimum absolute atomic E-state index is 0.0322. The fraction of sp³-hybridized carbons (Fsp3) is 0.0714. The highest BCUT2D eigenvalue weighted by Gasteiger charge is 2.31. The third-order valence-corrected chi connectivity index (χ3v) is 6.76. The molecule has 0 saturated carbocycles. The summed E-state index contributed by atoms with van der Waals surface area (Å²) in [5.41, 5.74) is 3.59. The van der Waals surface area contributed by atoms with Crippen molar-refractivity contribution in [2.45, 2.75) is 13.1 Å². The lowest BCUT2D eigenvalue weighted by Crippen LogP contribution is -2.06. The van der Waals surface area contributed by atoms with E-state index in [1.165, 1.54) is 6.07 Å². The van der Waals surface area contributed by atoms with E-state index in [9.17, 15) is 23.7 Å². The number of hydrogen-bond donors (Lipinski definition) is 0. The Morgan fingerprint density at radius 2 is 1.08 bits per heavy atom. The van der Waals surface area contributed by atoms with Gasteiger partial charge in [0.2, 0.25) is 12.4 Å². The lowest BCUT2D eigenvalue weighted by Gasteiger charge is -2.05. The van der Waals surface area contributed by atoms with E-state index >= 15 is 0 Å². The second-order valence-electron chi connectivity index (χ2n) is 9.10. The zero-order valence-electron chi connectivity index (χ0n) is 19.8. The first-order chi connectivity index (χ1) is 18.8. The van der Waals surface area contributed by atoms with Gasteiger partial charge in [-0.1, -0.05) is 23.8 Å². The molecule has 8 nitrogen and oxygen atoms in total. The number of alkyl halides is 3. The van der Waals surface area contributed by atoms with Crippen molar-refractivity contribution in [3.63, 3.8) is 0 Å². The predicted molar refractivity (Wildman–Crippen MR) is 137 cm³/mol. The average molecular weight is 516 g/mol. The lowest BCUT2D eigenvalue weighted by molar-refractivity contribution is -0.137. The van der Waals surface area contributed by atoms with Gasteiger partial charge < -0.3 is 0 Å². The van der Waals surface area contributed by atoms with Crippen molar-refractivity contribution in [1.82, 2.24) is 19.9 Å². The molecule has 0 aliphatic heterocycles. The van der Waals surface area contributed by atoms with Crippen molar-refractivity contribution in [3.05, 3.63) is 70.4 Å². The quantitative estimate of drug-likeness (QED) is 0.203. The largest absolute Gasteiger partial charge is 0.416 e. The topological polar surface area (TPSA) is 124 Å². The average Bonchev–Trinajstić information content (AvgIpc) is 3.36. The number of aryl methyl sites for hydroxylation is 1. The molecule has 7 rings (SSSR count). The Kier molecular flexibility index (Phi) is 4.48. The minimum Gasteiger partial charge on any atom is -0.244 e. The van der Waals surface area contributed by atoms with Gasteiger partial charge in [0, 0.05) is 21.5 Å². The summed E-state index contributed by atoms with van der Waals surface area (Å²) in [5.74, 6) is 0. The van der Waals surface area contributed by atoms with Crippen molar-refractivity contribution in [3.8, 4) is 12.4 Å². The molecule has 0 bridgehead atoms. The molecule has 11 heteroatoms. The van der Waals surface area contributed by atoms with Crippen molar-refractivity contribution in [1.29, 1.82) is 10.5 Å².